The highest BCUT2D eigenvalue weighted by Gasteiger charge is 2.22. The van der Waals surface area contributed by atoms with Crippen LogP contribution >= 0.6 is 0 Å². The summed E-state index contributed by atoms with van der Waals surface area (Å²) in [7, 11) is 1.78. The highest BCUT2D eigenvalue weighted by atomic mass is 16.5. The van der Waals surface area contributed by atoms with E-state index in [0.717, 1.165) is 11.1 Å². The zero-order valence-electron chi connectivity index (χ0n) is 17.8. The van der Waals surface area contributed by atoms with Crippen LogP contribution in [0.25, 0.3) is 22.3 Å². The van der Waals surface area contributed by atoms with Crippen molar-refractivity contribution in [2.45, 2.75) is 20.8 Å². The van der Waals surface area contributed by atoms with Gasteiger partial charge in [-0.05, 0) is 26.8 Å². The Morgan fingerprint density at radius 1 is 1.23 bits per heavy atom. The van der Waals surface area contributed by atoms with Crippen LogP contribution < -0.4 is 0 Å². The van der Waals surface area contributed by atoms with Crippen LogP contribution in [-0.2, 0) is 16.6 Å². The average molecular weight is 406 g/mol. The lowest BCUT2D eigenvalue weighted by molar-refractivity contribution is -0.133. The second-order valence-electron chi connectivity index (χ2n) is 7.27. The number of likely N-dealkylation sites (N-methyl/N-ethyl adjacent to an activating group) is 1. The molecule has 0 saturated carbocycles. The molecule has 0 aliphatic rings. The van der Waals surface area contributed by atoms with E-state index >= 15 is 0 Å². The highest BCUT2D eigenvalue weighted by Crippen LogP contribution is 2.27. The Morgan fingerprint density at radius 2 is 1.93 bits per heavy atom. The van der Waals surface area contributed by atoms with Crippen LogP contribution in [0.2, 0.25) is 0 Å². The number of aromatic nitrogens is 3. The van der Waals surface area contributed by atoms with E-state index < -0.39 is 5.97 Å². The molecule has 0 atom stereocenters. The number of fused-ring (bicyclic) bond motifs is 1. The van der Waals surface area contributed by atoms with Crippen molar-refractivity contribution in [3.8, 4) is 11.3 Å². The zero-order valence-corrected chi connectivity index (χ0v) is 17.8. The number of amides is 1. The molecular formula is C23H26N4O3. The van der Waals surface area contributed by atoms with E-state index in [-0.39, 0.29) is 12.5 Å². The van der Waals surface area contributed by atoms with Gasteiger partial charge in [0.2, 0.25) is 0 Å². The number of ether oxygens (including phenoxy) is 1. The van der Waals surface area contributed by atoms with Gasteiger partial charge in [0.25, 0.3) is 5.91 Å². The fraction of sp³-hybridized carbons (Fsp3) is 0.304. The molecule has 7 nitrogen and oxygen atoms in total. The molecule has 7 heteroatoms. The van der Waals surface area contributed by atoms with Gasteiger partial charge in [-0.1, -0.05) is 42.5 Å². The summed E-state index contributed by atoms with van der Waals surface area (Å²) in [6, 6.07) is 11.3. The van der Waals surface area contributed by atoms with Crippen molar-refractivity contribution in [3.05, 3.63) is 59.8 Å². The normalized spacial score (nSPS) is 10.8. The third-order valence-electron chi connectivity index (χ3n) is 4.78. The molecule has 30 heavy (non-hydrogen) atoms. The molecule has 2 aromatic heterocycles. The van der Waals surface area contributed by atoms with Crippen molar-refractivity contribution in [2.24, 2.45) is 7.05 Å². The van der Waals surface area contributed by atoms with Gasteiger partial charge in [0, 0.05) is 25.7 Å². The standard InChI is InChI=1S/C23H26N4O3/c1-6-27(13-15(2)3)20(28)14-30-23(29)18-12-19(17-10-8-7-9-11-17)24-22-21(18)16(4)25-26(22)5/h7-12H,2,6,13-14H2,1,3-5H3. The molecule has 156 valence electrons. The third-order valence-corrected chi connectivity index (χ3v) is 4.78. The van der Waals surface area contributed by atoms with Crippen molar-refractivity contribution in [3.63, 3.8) is 0 Å². The average Bonchev–Trinajstić information content (AvgIpc) is 3.03. The Bertz CT molecular complexity index is 1100. The molecule has 3 rings (SSSR count). The minimum Gasteiger partial charge on any atom is -0.452 e. The molecular weight excluding hydrogens is 380 g/mol. The first-order valence-corrected chi connectivity index (χ1v) is 9.80. The van der Waals surface area contributed by atoms with Gasteiger partial charge in [0.05, 0.1) is 22.3 Å². The number of pyridine rings is 1. The first-order chi connectivity index (χ1) is 14.3. The molecule has 0 bridgehead atoms. The number of esters is 1. The van der Waals surface area contributed by atoms with Crippen molar-refractivity contribution >= 4 is 22.9 Å². The van der Waals surface area contributed by atoms with E-state index in [2.05, 4.69) is 16.7 Å². The second-order valence-corrected chi connectivity index (χ2v) is 7.27. The first-order valence-electron chi connectivity index (χ1n) is 9.80. The molecule has 2 heterocycles. The van der Waals surface area contributed by atoms with Crippen LogP contribution in [0.5, 0.6) is 0 Å². The van der Waals surface area contributed by atoms with Gasteiger partial charge in [0.1, 0.15) is 0 Å². The lowest BCUT2D eigenvalue weighted by Gasteiger charge is -2.20. The predicted octanol–water partition coefficient (Wildman–Crippen LogP) is 3.53. The van der Waals surface area contributed by atoms with Crippen LogP contribution in [0.15, 0.2) is 48.6 Å². The topological polar surface area (TPSA) is 77.3 Å². The molecule has 0 aliphatic carbocycles. The monoisotopic (exact) mass is 406 g/mol. The zero-order chi connectivity index (χ0) is 21.8. The SMILES string of the molecule is C=C(C)CN(CC)C(=O)COC(=O)c1cc(-c2ccccc2)nc2c1c(C)nn2C. The molecule has 1 aromatic carbocycles. The summed E-state index contributed by atoms with van der Waals surface area (Å²) in [5.74, 6) is -0.833. The molecule has 0 saturated heterocycles. The van der Waals surface area contributed by atoms with E-state index in [1.807, 2.05) is 51.1 Å². The number of carbonyl (C=O) groups excluding carboxylic acids is 2. The largest absolute Gasteiger partial charge is 0.452 e. The number of benzene rings is 1. The number of rotatable bonds is 7. The minimum atomic E-state index is -0.574. The molecule has 0 spiro atoms. The Labute approximate surface area is 176 Å². The third kappa shape index (κ3) is 4.40. The van der Waals surface area contributed by atoms with Crippen molar-refractivity contribution in [1.82, 2.24) is 19.7 Å². The molecule has 3 aromatic rings. The van der Waals surface area contributed by atoms with Gasteiger partial charge in [-0.3, -0.25) is 9.48 Å². The number of hydrogen-bond donors (Lipinski definition) is 0. The first kappa shape index (κ1) is 21.2. The van der Waals surface area contributed by atoms with E-state index in [1.54, 1.807) is 22.7 Å². The number of nitrogens with zero attached hydrogens (tertiary/aromatic N) is 4. The number of hydrogen-bond acceptors (Lipinski definition) is 5. The highest BCUT2D eigenvalue weighted by molar-refractivity contribution is 6.05. The van der Waals surface area contributed by atoms with Crippen LogP contribution in [0, 0.1) is 6.92 Å². The summed E-state index contributed by atoms with van der Waals surface area (Å²) in [5.41, 5.74) is 4.00. The molecule has 1 amide bonds. The van der Waals surface area contributed by atoms with Crippen LogP contribution in [0.4, 0.5) is 0 Å². The molecule has 0 fully saturated rings. The summed E-state index contributed by atoms with van der Waals surface area (Å²) in [6.07, 6.45) is 0. The van der Waals surface area contributed by atoms with E-state index in [0.29, 0.717) is 41.1 Å². The lowest BCUT2D eigenvalue weighted by atomic mass is 10.1. The maximum absolute atomic E-state index is 13.0. The molecule has 0 radical (unpaired) electrons. The Morgan fingerprint density at radius 3 is 2.57 bits per heavy atom. The maximum Gasteiger partial charge on any atom is 0.339 e. The second kappa shape index (κ2) is 8.90. The quantitative estimate of drug-likeness (QED) is 0.443. The number of aryl methyl sites for hydroxylation is 2. The van der Waals surface area contributed by atoms with E-state index in [1.165, 1.54) is 0 Å². The molecule has 0 aliphatic heterocycles. The summed E-state index contributed by atoms with van der Waals surface area (Å²) in [6.45, 7) is 10.0. The van der Waals surface area contributed by atoms with E-state index in [4.69, 9.17) is 4.74 Å². The minimum absolute atomic E-state index is 0.259. The van der Waals surface area contributed by atoms with Gasteiger partial charge >= 0.3 is 5.97 Å². The Kier molecular flexibility index (Phi) is 6.30. The van der Waals surface area contributed by atoms with Crippen molar-refractivity contribution in [2.75, 3.05) is 19.7 Å². The Balaban J connectivity index is 1.93. The fourth-order valence-electron chi connectivity index (χ4n) is 3.36. The lowest BCUT2D eigenvalue weighted by Crippen LogP contribution is -2.35. The van der Waals surface area contributed by atoms with Crippen molar-refractivity contribution in [1.29, 1.82) is 0 Å². The Hall–Kier alpha value is -3.48. The van der Waals surface area contributed by atoms with Gasteiger partial charge < -0.3 is 9.64 Å². The number of carbonyl (C=O) groups is 2. The summed E-state index contributed by atoms with van der Waals surface area (Å²) < 4.78 is 7.04. The van der Waals surface area contributed by atoms with Gasteiger partial charge in [0.15, 0.2) is 12.3 Å². The van der Waals surface area contributed by atoms with Crippen molar-refractivity contribution < 1.29 is 14.3 Å². The van der Waals surface area contributed by atoms with Crippen LogP contribution in [0.3, 0.4) is 0 Å². The smallest absolute Gasteiger partial charge is 0.339 e. The maximum atomic E-state index is 13.0. The predicted molar refractivity (Wildman–Crippen MR) is 116 cm³/mol. The summed E-state index contributed by atoms with van der Waals surface area (Å²) >= 11 is 0. The van der Waals surface area contributed by atoms with Gasteiger partial charge in [-0.2, -0.15) is 5.10 Å². The fourth-order valence-corrected chi connectivity index (χ4v) is 3.36. The summed E-state index contributed by atoms with van der Waals surface area (Å²) in [4.78, 5) is 31.7. The van der Waals surface area contributed by atoms with Crippen LogP contribution in [0.1, 0.15) is 29.9 Å². The van der Waals surface area contributed by atoms with Crippen LogP contribution in [-0.4, -0.2) is 51.2 Å². The molecule has 0 unspecified atom stereocenters. The van der Waals surface area contributed by atoms with E-state index in [9.17, 15) is 9.59 Å². The van der Waals surface area contributed by atoms with Gasteiger partial charge in [-0.25, -0.2) is 9.78 Å². The van der Waals surface area contributed by atoms with Gasteiger partial charge in [-0.15, -0.1) is 0 Å². The molecule has 0 N–H and O–H groups in total. The summed E-state index contributed by atoms with van der Waals surface area (Å²) in [5, 5.41) is 5.03.